The van der Waals surface area contributed by atoms with Crippen LogP contribution in [0.3, 0.4) is 0 Å². The fourth-order valence-corrected chi connectivity index (χ4v) is 5.87. The van der Waals surface area contributed by atoms with Gasteiger partial charge in [0.2, 0.25) is 10.0 Å². The number of furan rings is 1. The number of aromatic nitrogens is 1. The van der Waals surface area contributed by atoms with Gasteiger partial charge in [-0.2, -0.15) is 0 Å². The Hall–Kier alpha value is -4.44. The van der Waals surface area contributed by atoms with Crippen molar-refractivity contribution in [3.8, 4) is 22.5 Å². The highest BCUT2D eigenvalue weighted by molar-refractivity contribution is 7.89. The average Bonchev–Trinajstić information content (AvgIpc) is 3.45. The highest BCUT2D eigenvalue weighted by Gasteiger charge is 2.28. The quantitative estimate of drug-likeness (QED) is 0.273. The number of hydrogen-bond donors (Lipinski definition) is 2. The minimum atomic E-state index is -3.76. The number of aryl methyl sites for hydroxylation is 1. The van der Waals surface area contributed by atoms with E-state index in [9.17, 15) is 22.4 Å². The first-order chi connectivity index (χ1) is 19.2. The molecule has 3 aromatic carbocycles. The lowest BCUT2D eigenvalue weighted by atomic mass is 9.95. The van der Waals surface area contributed by atoms with Crippen LogP contribution in [-0.2, 0) is 10.0 Å². The second-order valence-electron chi connectivity index (χ2n) is 11.1. The number of fused-ring (bicyclic) bond motifs is 3. The zero-order chi connectivity index (χ0) is 29.9. The summed E-state index contributed by atoms with van der Waals surface area (Å²) < 4.78 is 47.2. The topological polar surface area (TPSA) is 110 Å². The average molecular weight is 576 g/mol. The van der Waals surface area contributed by atoms with E-state index in [1.54, 1.807) is 37.3 Å². The van der Waals surface area contributed by atoms with Gasteiger partial charge in [0.15, 0.2) is 0 Å². The van der Waals surface area contributed by atoms with Crippen LogP contribution in [0.25, 0.3) is 44.3 Å². The van der Waals surface area contributed by atoms with Crippen molar-refractivity contribution in [2.75, 3.05) is 13.3 Å². The number of carbonyl (C=O) groups is 2. The van der Waals surface area contributed by atoms with E-state index in [4.69, 9.17) is 4.42 Å². The van der Waals surface area contributed by atoms with Crippen LogP contribution in [0.1, 0.15) is 47.1 Å². The molecule has 8 nitrogen and oxygen atoms in total. The number of benzene rings is 3. The molecule has 0 unspecified atom stereocenters. The summed E-state index contributed by atoms with van der Waals surface area (Å²) in [7, 11) is -2.27. The van der Waals surface area contributed by atoms with E-state index >= 15 is 0 Å². The number of nitrogens with one attached hydrogen (secondary N) is 2. The third kappa shape index (κ3) is 5.11. The lowest BCUT2D eigenvalue weighted by Gasteiger charge is -2.20. The molecule has 0 radical (unpaired) electrons. The van der Waals surface area contributed by atoms with Gasteiger partial charge in [0.1, 0.15) is 17.2 Å². The highest BCUT2D eigenvalue weighted by atomic mass is 32.2. The molecule has 10 heteroatoms. The Morgan fingerprint density at radius 1 is 0.976 bits per heavy atom. The molecule has 0 aliphatic heterocycles. The van der Waals surface area contributed by atoms with Crippen LogP contribution < -0.4 is 10.6 Å². The Morgan fingerprint density at radius 3 is 2.27 bits per heavy atom. The highest BCUT2D eigenvalue weighted by Crippen LogP contribution is 2.44. The number of carbonyl (C=O) groups excluding carboxylic acids is 2. The standard InChI is InChI=1S/C31H30FN3O5S/c1-17-16-35(41(6,38)39)26-22(19-8-7-9-20(14-19)29(36)34-31(2,3)4)15-23-25(30(37)33-5)27(40-28(23)24(17)26)18-10-12-21(32)13-11-18/h7-16H,1-6H3,(H,33,37)(H,34,36). The Kier molecular flexibility index (Phi) is 6.77. The van der Waals surface area contributed by atoms with Crippen molar-refractivity contribution in [2.45, 2.75) is 33.2 Å². The molecule has 0 aliphatic rings. The van der Waals surface area contributed by atoms with Gasteiger partial charge in [-0.25, -0.2) is 16.8 Å². The Morgan fingerprint density at radius 2 is 1.66 bits per heavy atom. The molecule has 0 aliphatic carbocycles. The van der Waals surface area contributed by atoms with E-state index in [1.807, 2.05) is 20.8 Å². The molecule has 2 amide bonds. The normalized spacial score (nSPS) is 12.2. The summed E-state index contributed by atoms with van der Waals surface area (Å²) in [5, 5.41) is 6.55. The monoisotopic (exact) mass is 575 g/mol. The van der Waals surface area contributed by atoms with Crippen LogP contribution in [0.2, 0.25) is 0 Å². The van der Waals surface area contributed by atoms with Crippen molar-refractivity contribution in [1.29, 1.82) is 0 Å². The van der Waals surface area contributed by atoms with E-state index in [0.29, 0.717) is 49.7 Å². The molecule has 5 aromatic rings. The van der Waals surface area contributed by atoms with Crippen LogP contribution in [0.5, 0.6) is 0 Å². The SMILES string of the molecule is CNC(=O)c1c(-c2ccc(F)cc2)oc2c1cc(-c1cccc(C(=O)NC(C)(C)C)c1)c1c2c(C)cn1S(C)(=O)=O. The van der Waals surface area contributed by atoms with Crippen molar-refractivity contribution in [2.24, 2.45) is 0 Å². The first-order valence-electron chi connectivity index (χ1n) is 12.9. The van der Waals surface area contributed by atoms with E-state index in [-0.39, 0.29) is 17.2 Å². The molecule has 212 valence electrons. The second kappa shape index (κ2) is 9.88. The first kappa shape index (κ1) is 28.1. The molecule has 0 saturated carbocycles. The second-order valence-corrected chi connectivity index (χ2v) is 12.9. The third-order valence-corrected chi connectivity index (χ3v) is 7.72. The lowest BCUT2D eigenvalue weighted by molar-refractivity contribution is 0.0918. The Bertz CT molecular complexity index is 1960. The van der Waals surface area contributed by atoms with Crippen molar-refractivity contribution in [1.82, 2.24) is 14.6 Å². The molecule has 0 fully saturated rings. The molecule has 2 aromatic heterocycles. The predicted octanol–water partition coefficient (Wildman–Crippen LogP) is 5.86. The summed E-state index contributed by atoms with van der Waals surface area (Å²) in [5.74, 6) is -0.915. The Balaban J connectivity index is 1.90. The molecular formula is C31H30FN3O5S. The van der Waals surface area contributed by atoms with Gasteiger partial charge in [-0.3, -0.25) is 9.59 Å². The molecule has 0 spiro atoms. The van der Waals surface area contributed by atoms with Gasteiger partial charge in [0.05, 0.1) is 17.3 Å². The van der Waals surface area contributed by atoms with Gasteiger partial charge in [0, 0.05) is 46.2 Å². The van der Waals surface area contributed by atoms with Gasteiger partial charge in [0.25, 0.3) is 11.8 Å². The van der Waals surface area contributed by atoms with Crippen LogP contribution >= 0.6 is 0 Å². The maximum atomic E-state index is 13.7. The summed E-state index contributed by atoms with van der Waals surface area (Å²) in [5.41, 5.74) is 3.01. The largest absolute Gasteiger partial charge is 0.454 e. The zero-order valence-electron chi connectivity index (χ0n) is 23.5. The fraction of sp³-hybridized carbons (Fsp3) is 0.226. The van der Waals surface area contributed by atoms with Crippen LogP contribution in [0, 0.1) is 12.7 Å². The van der Waals surface area contributed by atoms with Crippen molar-refractivity contribution in [3.63, 3.8) is 0 Å². The maximum Gasteiger partial charge on any atom is 0.255 e. The molecular weight excluding hydrogens is 545 g/mol. The van der Waals surface area contributed by atoms with Crippen LogP contribution in [0.15, 0.2) is 65.2 Å². The van der Waals surface area contributed by atoms with Gasteiger partial charge < -0.3 is 15.1 Å². The van der Waals surface area contributed by atoms with Crippen molar-refractivity contribution >= 4 is 43.7 Å². The van der Waals surface area contributed by atoms with Gasteiger partial charge in [-0.05, 0) is 81.3 Å². The molecule has 2 N–H and O–H groups in total. The van der Waals surface area contributed by atoms with Crippen molar-refractivity contribution in [3.05, 3.63) is 83.3 Å². The summed E-state index contributed by atoms with van der Waals surface area (Å²) in [6.45, 7) is 7.41. The van der Waals surface area contributed by atoms with E-state index in [1.165, 1.54) is 41.5 Å². The van der Waals surface area contributed by atoms with E-state index in [0.717, 1.165) is 6.26 Å². The maximum absolute atomic E-state index is 13.7. The first-order valence-corrected chi connectivity index (χ1v) is 14.8. The van der Waals surface area contributed by atoms with Crippen molar-refractivity contribution < 1.29 is 26.8 Å². The molecule has 0 atom stereocenters. The fourth-order valence-electron chi connectivity index (χ4n) is 5.00. The summed E-state index contributed by atoms with van der Waals surface area (Å²) in [6.07, 6.45) is 2.62. The summed E-state index contributed by atoms with van der Waals surface area (Å²) in [6, 6.07) is 14.2. The third-order valence-electron chi connectivity index (χ3n) is 6.72. The van der Waals surface area contributed by atoms with Gasteiger partial charge >= 0.3 is 0 Å². The molecule has 41 heavy (non-hydrogen) atoms. The van der Waals surface area contributed by atoms with Gasteiger partial charge in [-0.15, -0.1) is 0 Å². The summed E-state index contributed by atoms with van der Waals surface area (Å²) in [4.78, 5) is 26.3. The number of nitrogens with zero attached hydrogens (tertiary/aromatic N) is 1. The molecule has 0 bridgehead atoms. The van der Waals surface area contributed by atoms with Gasteiger partial charge in [-0.1, -0.05) is 12.1 Å². The zero-order valence-corrected chi connectivity index (χ0v) is 24.4. The smallest absolute Gasteiger partial charge is 0.255 e. The van der Waals surface area contributed by atoms with Crippen LogP contribution in [-0.4, -0.2) is 43.0 Å². The Labute approximate surface area is 237 Å². The predicted molar refractivity (Wildman–Crippen MR) is 158 cm³/mol. The molecule has 0 saturated heterocycles. The number of hydrogen-bond acceptors (Lipinski definition) is 5. The number of amides is 2. The number of halogens is 1. The lowest BCUT2D eigenvalue weighted by Crippen LogP contribution is -2.40. The minimum Gasteiger partial charge on any atom is -0.454 e. The minimum absolute atomic E-state index is 0.225. The molecule has 2 heterocycles. The van der Waals surface area contributed by atoms with E-state index < -0.39 is 27.3 Å². The number of rotatable bonds is 5. The van der Waals surface area contributed by atoms with Crippen LogP contribution in [0.4, 0.5) is 4.39 Å². The van der Waals surface area contributed by atoms with E-state index in [2.05, 4.69) is 10.6 Å². The summed E-state index contributed by atoms with van der Waals surface area (Å²) >= 11 is 0. The molecule has 5 rings (SSSR count).